The van der Waals surface area contributed by atoms with E-state index in [0.29, 0.717) is 13.0 Å². The van der Waals surface area contributed by atoms with Gasteiger partial charge in [-0.15, -0.1) is 0 Å². The Morgan fingerprint density at radius 2 is 1.81 bits per heavy atom. The van der Waals surface area contributed by atoms with Crippen LogP contribution in [0.3, 0.4) is 0 Å². The van der Waals surface area contributed by atoms with Gasteiger partial charge in [-0.25, -0.2) is 0 Å². The molecule has 0 fully saturated rings. The van der Waals surface area contributed by atoms with E-state index < -0.39 is 18.8 Å². The largest absolute Gasteiger partial charge is 0.401 e. The highest BCUT2D eigenvalue weighted by molar-refractivity contribution is 4.71. The summed E-state index contributed by atoms with van der Waals surface area (Å²) >= 11 is 0. The van der Waals surface area contributed by atoms with E-state index in [-0.39, 0.29) is 12.5 Å². The molecule has 0 saturated carbocycles. The molecule has 0 aromatic heterocycles. The summed E-state index contributed by atoms with van der Waals surface area (Å²) in [4.78, 5) is 1.27. The molecular weight excluding hydrogens is 219 g/mol. The third kappa shape index (κ3) is 7.06. The highest BCUT2D eigenvalue weighted by atomic mass is 19.4. The van der Waals surface area contributed by atoms with Crippen molar-refractivity contribution in [2.45, 2.75) is 45.9 Å². The van der Waals surface area contributed by atoms with Crippen LogP contribution in [0.25, 0.3) is 0 Å². The lowest BCUT2D eigenvalue weighted by Gasteiger charge is -2.27. The number of rotatable bonds is 7. The average Bonchev–Trinajstić information content (AvgIpc) is 2.14. The lowest BCUT2D eigenvalue weighted by atomic mass is 10.0. The fraction of sp³-hybridized carbons (Fsp3) is 1.00. The van der Waals surface area contributed by atoms with Crippen molar-refractivity contribution < 1.29 is 18.3 Å². The third-order valence-corrected chi connectivity index (χ3v) is 2.69. The van der Waals surface area contributed by atoms with E-state index in [1.54, 1.807) is 0 Å². The Morgan fingerprint density at radius 1 is 1.25 bits per heavy atom. The minimum Gasteiger partial charge on any atom is -0.392 e. The molecule has 98 valence electrons. The Labute approximate surface area is 95.4 Å². The zero-order valence-corrected chi connectivity index (χ0v) is 10.2. The molecule has 0 saturated heterocycles. The topological polar surface area (TPSA) is 23.5 Å². The lowest BCUT2D eigenvalue weighted by molar-refractivity contribution is -0.149. The van der Waals surface area contributed by atoms with Crippen LogP contribution in [0.1, 0.15) is 33.6 Å². The predicted molar refractivity (Wildman–Crippen MR) is 58.2 cm³/mol. The molecule has 2 unspecified atom stereocenters. The van der Waals surface area contributed by atoms with E-state index in [1.165, 1.54) is 4.90 Å². The van der Waals surface area contributed by atoms with Gasteiger partial charge in [0.05, 0.1) is 12.6 Å². The molecule has 1 N–H and O–H groups in total. The number of hydrogen-bond donors (Lipinski definition) is 1. The van der Waals surface area contributed by atoms with Gasteiger partial charge >= 0.3 is 6.18 Å². The van der Waals surface area contributed by atoms with E-state index in [1.807, 2.05) is 20.8 Å². The smallest absolute Gasteiger partial charge is 0.392 e. The van der Waals surface area contributed by atoms with Crippen LogP contribution in [-0.2, 0) is 0 Å². The van der Waals surface area contributed by atoms with Crippen molar-refractivity contribution in [3.63, 3.8) is 0 Å². The molecule has 2 atom stereocenters. The van der Waals surface area contributed by atoms with Crippen molar-refractivity contribution in [1.29, 1.82) is 0 Å². The molecule has 0 aromatic carbocycles. The molecule has 0 aliphatic rings. The van der Waals surface area contributed by atoms with Gasteiger partial charge in [-0.1, -0.05) is 27.2 Å². The summed E-state index contributed by atoms with van der Waals surface area (Å²) < 4.78 is 36.7. The number of aliphatic hydroxyl groups is 1. The standard InChI is InChI=1S/C11H22F3NO/c1-4-6-15(8-11(12,13)14)7-10(16)9(3)5-2/h9-10,16H,4-8H2,1-3H3. The average molecular weight is 241 g/mol. The van der Waals surface area contributed by atoms with Gasteiger partial charge in [0.2, 0.25) is 0 Å². The number of aliphatic hydroxyl groups excluding tert-OH is 1. The first-order chi connectivity index (χ1) is 7.30. The van der Waals surface area contributed by atoms with Crippen LogP contribution >= 0.6 is 0 Å². The summed E-state index contributed by atoms with van der Waals surface area (Å²) in [5.41, 5.74) is 0. The molecule has 0 aliphatic heterocycles. The van der Waals surface area contributed by atoms with Gasteiger partial charge in [-0.05, 0) is 18.9 Å². The maximum absolute atomic E-state index is 12.2. The van der Waals surface area contributed by atoms with Crippen molar-refractivity contribution in [3.05, 3.63) is 0 Å². The number of nitrogens with zero attached hydrogens (tertiary/aromatic N) is 1. The first-order valence-electron chi connectivity index (χ1n) is 5.77. The Bertz CT molecular complexity index is 185. The lowest BCUT2D eigenvalue weighted by Crippen LogP contribution is -2.41. The summed E-state index contributed by atoms with van der Waals surface area (Å²) in [7, 11) is 0. The van der Waals surface area contributed by atoms with Gasteiger partial charge in [0.25, 0.3) is 0 Å². The second kappa shape index (κ2) is 7.12. The molecule has 16 heavy (non-hydrogen) atoms. The van der Waals surface area contributed by atoms with E-state index in [9.17, 15) is 18.3 Å². The molecule has 0 amide bonds. The molecule has 0 heterocycles. The van der Waals surface area contributed by atoms with Gasteiger partial charge in [0.15, 0.2) is 0 Å². The van der Waals surface area contributed by atoms with Crippen molar-refractivity contribution in [2.24, 2.45) is 5.92 Å². The second-order valence-corrected chi connectivity index (χ2v) is 4.30. The van der Waals surface area contributed by atoms with Crippen molar-refractivity contribution in [2.75, 3.05) is 19.6 Å². The van der Waals surface area contributed by atoms with Crippen molar-refractivity contribution >= 4 is 0 Å². The maximum Gasteiger partial charge on any atom is 0.401 e. The van der Waals surface area contributed by atoms with Gasteiger partial charge in [-0.2, -0.15) is 13.2 Å². The summed E-state index contributed by atoms with van der Waals surface area (Å²) in [5.74, 6) is 0.0348. The number of alkyl halides is 3. The first kappa shape index (κ1) is 15.7. The quantitative estimate of drug-likeness (QED) is 0.740. The van der Waals surface area contributed by atoms with Gasteiger partial charge in [0.1, 0.15) is 0 Å². The minimum absolute atomic E-state index is 0.0348. The van der Waals surface area contributed by atoms with Crippen molar-refractivity contribution in [3.8, 4) is 0 Å². The molecule has 0 bridgehead atoms. The van der Waals surface area contributed by atoms with Crippen LogP contribution in [0, 0.1) is 5.92 Å². The summed E-state index contributed by atoms with van der Waals surface area (Å²) in [6, 6.07) is 0. The Morgan fingerprint density at radius 3 is 2.19 bits per heavy atom. The summed E-state index contributed by atoms with van der Waals surface area (Å²) in [6.07, 6.45) is -3.44. The normalized spacial score (nSPS) is 16.5. The maximum atomic E-state index is 12.2. The molecule has 0 rings (SSSR count). The van der Waals surface area contributed by atoms with Crippen molar-refractivity contribution in [1.82, 2.24) is 4.90 Å². The second-order valence-electron chi connectivity index (χ2n) is 4.30. The number of halogens is 3. The first-order valence-corrected chi connectivity index (χ1v) is 5.77. The van der Waals surface area contributed by atoms with Crippen LogP contribution in [0.2, 0.25) is 0 Å². The van der Waals surface area contributed by atoms with E-state index in [2.05, 4.69) is 0 Å². The van der Waals surface area contributed by atoms with Crippen LogP contribution in [-0.4, -0.2) is 41.9 Å². The SMILES string of the molecule is CCCN(CC(O)C(C)CC)CC(F)(F)F. The molecule has 0 spiro atoms. The van der Waals surface area contributed by atoms with Crippen LogP contribution < -0.4 is 0 Å². The number of hydrogen-bond acceptors (Lipinski definition) is 2. The summed E-state index contributed by atoms with van der Waals surface area (Å²) in [5, 5.41) is 9.70. The zero-order valence-electron chi connectivity index (χ0n) is 10.2. The monoisotopic (exact) mass is 241 g/mol. The molecular formula is C11H22F3NO. The Kier molecular flexibility index (Phi) is 6.99. The highest BCUT2D eigenvalue weighted by Gasteiger charge is 2.31. The van der Waals surface area contributed by atoms with Crippen LogP contribution in [0.5, 0.6) is 0 Å². The van der Waals surface area contributed by atoms with Gasteiger partial charge < -0.3 is 5.11 Å². The van der Waals surface area contributed by atoms with E-state index >= 15 is 0 Å². The zero-order chi connectivity index (χ0) is 12.8. The molecule has 2 nitrogen and oxygen atoms in total. The minimum atomic E-state index is -4.19. The molecule has 5 heteroatoms. The Hall–Kier alpha value is -0.290. The Balaban J connectivity index is 4.22. The van der Waals surface area contributed by atoms with E-state index in [4.69, 9.17) is 0 Å². The molecule has 0 aromatic rings. The molecule has 0 aliphatic carbocycles. The van der Waals surface area contributed by atoms with E-state index in [0.717, 1.165) is 6.42 Å². The van der Waals surface area contributed by atoms with Gasteiger partial charge in [-0.3, -0.25) is 4.90 Å². The summed E-state index contributed by atoms with van der Waals surface area (Å²) in [6.45, 7) is 5.13. The van der Waals surface area contributed by atoms with Gasteiger partial charge in [0, 0.05) is 6.54 Å². The fourth-order valence-electron chi connectivity index (χ4n) is 1.52. The predicted octanol–water partition coefficient (Wildman–Crippen LogP) is 2.67. The fourth-order valence-corrected chi connectivity index (χ4v) is 1.52. The third-order valence-electron chi connectivity index (χ3n) is 2.69. The highest BCUT2D eigenvalue weighted by Crippen LogP contribution is 2.18. The van der Waals surface area contributed by atoms with Crippen LogP contribution in [0.15, 0.2) is 0 Å². The molecule has 0 radical (unpaired) electrons. The van der Waals surface area contributed by atoms with Crippen LogP contribution in [0.4, 0.5) is 13.2 Å².